The summed E-state index contributed by atoms with van der Waals surface area (Å²) in [4.78, 5) is 14.8. The number of pyridine rings is 1. The van der Waals surface area contributed by atoms with E-state index in [0.717, 1.165) is 38.8 Å². The van der Waals surface area contributed by atoms with Crippen LogP contribution in [0.4, 0.5) is 10.5 Å². The number of hydrogen-bond acceptors (Lipinski definition) is 5. The van der Waals surface area contributed by atoms with E-state index >= 15 is 0 Å². The van der Waals surface area contributed by atoms with Gasteiger partial charge >= 0.3 is 6.03 Å². The summed E-state index contributed by atoms with van der Waals surface area (Å²) in [6, 6.07) is 4.01. The Hall–Kier alpha value is -2.19. The Labute approximate surface area is 159 Å². The average molecular weight is 372 g/mol. The van der Waals surface area contributed by atoms with Crippen LogP contribution in [0, 0.1) is 0 Å². The number of nitrogens with one attached hydrogen (secondary N) is 2. The Morgan fingerprint density at radius 3 is 2.96 bits per heavy atom. The fraction of sp³-hybridized carbons (Fsp3) is 0.632. The first-order chi connectivity index (χ1) is 13.0. The standard InChI is InChI=1S/C19H28N6O2/c1-14(2)24-10-7-19(8-11-24)6-5-15(27-19)12-20-18(26)22-16-4-3-9-25-13-21-23-17(16)25/h3-4,9,13-15H,5-8,10-12H2,1-2H3,(H2,20,22,26)/t15-/m1/s1. The first-order valence-corrected chi connectivity index (χ1v) is 9.80. The van der Waals surface area contributed by atoms with E-state index in [4.69, 9.17) is 4.74 Å². The van der Waals surface area contributed by atoms with Crippen LogP contribution < -0.4 is 10.6 Å². The van der Waals surface area contributed by atoms with Gasteiger partial charge in [-0.1, -0.05) is 0 Å². The van der Waals surface area contributed by atoms with Crippen molar-refractivity contribution in [1.82, 2.24) is 24.8 Å². The van der Waals surface area contributed by atoms with Gasteiger partial charge in [0.25, 0.3) is 0 Å². The smallest absolute Gasteiger partial charge is 0.319 e. The van der Waals surface area contributed by atoms with E-state index in [1.165, 1.54) is 0 Å². The first-order valence-electron chi connectivity index (χ1n) is 9.80. The number of hydrogen-bond donors (Lipinski definition) is 2. The number of rotatable bonds is 4. The summed E-state index contributed by atoms with van der Waals surface area (Å²) in [6.45, 7) is 7.22. The van der Waals surface area contributed by atoms with Gasteiger partial charge in [0.05, 0.1) is 17.4 Å². The number of carbonyl (C=O) groups is 1. The Balaban J connectivity index is 1.26. The molecule has 8 nitrogen and oxygen atoms in total. The molecule has 1 spiro atoms. The van der Waals surface area contributed by atoms with Gasteiger partial charge < -0.3 is 20.3 Å². The zero-order valence-electron chi connectivity index (χ0n) is 16.0. The van der Waals surface area contributed by atoms with E-state index in [1.54, 1.807) is 10.7 Å². The second-order valence-corrected chi connectivity index (χ2v) is 7.91. The van der Waals surface area contributed by atoms with Crippen LogP contribution in [0.3, 0.4) is 0 Å². The van der Waals surface area contributed by atoms with Gasteiger partial charge in [0.2, 0.25) is 0 Å². The summed E-state index contributed by atoms with van der Waals surface area (Å²) in [5.74, 6) is 0. The molecule has 146 valence electrons. The van der Waals surface area contributed by atoms with E-state index in [0.29, 0.717) is 23.9 Å². The maximum absolute atomic E-state index is 12.3. The fourth-order valence-electron chi connectivity index (χ4n) is 4.18. The number of aromatic nitrogens is 3. The molecule has 1 atom stereocenters. The van der Waals surface area contributed by atoms with E-state index in [2.05, 4.69) is 39.6 Å². The maximum atomic E-state index is 12.3. The maximum Gasteiger partial charge on any atom is 0.319 e. The molecule has 0 aliphatic carbocycles. The molecule has 0 unspecified atom stereocenters. The van der Waals surface area contributed by atoms with Gasteiger partial charge in [-0.3, -0.25) is 4.40 Å². The second-order valence-electron chi connectivity index (χ2n) is 7.91. The van der Waals surface area contributed by atoms with Crippen molar-refractivity contribution in [3.63, 3.8) is 0 Å². The third-order valence-electron chi connectivity index (χ3n) is 5.84. The predicted octanol–water partition coefficient (Wildman–Crippen LogP) is 2.27. The van der Waals surface area contributed by atoms with Gasteiger partial charge in [-0.25, -0.2) is 4.79 Å². The van der Waals surface area contributed by atoms with Crippen LogP contribution in [0.1, 0.15) is 39.5 Å². The van der Waals surface area contributed by atoms with Gasteiger partial charge in [-0.2, -0.15) is 0 Å². The lowest BCUT2D eigenvalue weighted by atomic mass is 9.88. The minimum Gasteiger partial charge on any atom is -0.370 e. The topological polar surface area (TPSA) is 83.8 Å². The van der Waals surface area contributed by atoms with Crippen molar-refractivity contribution in [2.75, 3.05) is 25.0 Å². The molecule has 2 aromatic heterocycles. The van der Waals surface area contributed by atoms with Gasteiger partial charge in [0.1, 0.15) is 6.33 Å². The van der Waals surface area contributed by atoms with Gasteiger partial charge in [0.15, 0.2) is 5.65 Å². The third kappa shape index (κ3) is 3.91. The summed E-state index contributed by atoms with van der Waals surface area (Å²) in [7, 11) is 0. The first kappa shape index (κ1) is 18.2. The molecular formula is C19H28N6O2. The molecule has 2 aliphatic rings. The van der Waals surface area contributed by atoms with Crippen molar-refractivity contribution in [2.24, 2.45) is 0 Å². The van der Waals surface area contributed by atoms with Crippen LogP contribution in [0.25, 0.3) is 5.65 Å². The fourth-order valence-corrected chi connectivity index (χ4v) is 4.18. The average Bonchev–Trinajstić information content (AvgIpc) is 3.28. The number of piperidine rings is 1. The number of anilines is 1. The Morgan fingerprint density at radius 2 is 2.19 bits per heavy atom. The Kier molecular flexibility index (Phi) is 5.01. The summed E-state index contributed by atoms with van der Waals surface area (Å²) < 4.78 is 8.15. The van der Waals surface area contributed by atoms with Crippen LogP contribution in [-0.4, -0.2) is 62.9 Å². The largest absolute Gasteiger partial charge is 0.370 e. The highest BCUT2D eigenvalue weighted by Gasteiger charge is 2.42. The monoisotopic (exact) mass is 372 g/mol. The Bertz CT molecular complexity index is 796. The number of ether oxygens (including phenoxy) is 1. The van der Waals surface area contributed by atoms with Crippen LogP contribution in [-0.2, 0) is 4.74 Å². The van der Waals surface area contributed by atoms with Crippen molar-refractivity contribution < 1.29 is 9.53 Å². The zero-order chi connectivity index (χ0) is 18.9. The molecular weight excluding hydrogens is 344 g/mol. The quantitative estimate of drug-likeness (QED) is 0.860. The zero-order valence-corrected chi connectivity index (χ0v) is 16.0. The van der Waals surface area contributed by atoms with Crippen LogP contribution >= 0.6 is 0 Å². The molecule has 2 N–H and O–H groups in total. The predicted molar refractivity (Wildman–Crippen MR) is 103 cm³/mol. The van der Waals surface area contributed by atoms with E-state index in [-0.39, 0.29) is 17.7 Å². The van der Waals surface area contributed by atoms with E-state index < -0.39 is 0 Å². The van der Waals surface area contributed by atoms with E-state index in [9.17, 15) is 4.79 Å². The van der Waals surface area contributed by atoms with Crippen molar-refractivity contribution in [1.29, 1.82) is 0 Å². The molecule has 0 aromatic carbocycles. The van der Waals surface area contributed by atoms with Crippen LogP contribution in [0.15, 0.2) is 24.7 Å². The number of carbonyl (C=O) groups excluding carboxylic acids is 1. The van der Waals surface area contributed by atoms with Crippen molar-refractivity contribution in [3.8, 4) is 0 Å². The van der Waals surface area contributed by atoms with Gasteiger partial charge in [-0.15, -0.1) is 10.2 Å². The molecule has 0 saturated carbocycles. The van der Waals surface area contributed by atoms with Gasteiger partial charge in [-0.05, 0) is 51.7 Å². The number of urea groups is 1. The minimum atomic E-state index is -0.245. The number of nitrogens with zero attached hydrogens (tertiary/aromatic N) is 4. The molecule has 2 amide bonds. The molecule has 2 aliphatic heterocycles. The second kappa shape index (κ2) is 7.44. The third-order valence-corrected chi connectivity index (χ3v) is 5.84. The summed E-state index contributed by atoms with van der Waals surface area (Å²) >= 11 is 0. The lowest BCUT2D eigenvalue weighted by molar-refractivity contribution is -0.0786. The molecule has 27 heavy (non-hydrogen) atoms. The Morgan fingerprint density at radius 1 is 1.37 bits per heavy atom. The summed E-state index contributed by atoms with van der Waals surface area (Å²) in [5, 5.41) is 13.7. The number of likely N-dealkylation sites (tertiary alicyclic amines) is 1. The van der Waals surface area contributed by atoms with Crippen molar-refractivity contribution >= 4 is 17.4 Å². The molecule has 0 radical (unpaired) electrons. The lowest BCUT2D eigenvalue weighted by Crippen LogP contribution is -2.47. The molecule has 0 bridgehead atoms. The number of amides is 2. The van der Waals surface area contributed by atoms with Crippen LogP contribution in [0.2, 0.25) is 0 Å². The SMILES string of the molecule is CC(C)N1CCC2(CC[C@H](CNC(=O)Nc3cccn4cnnc34)O2)CC1. The molecule has 2 aromatic rings. The van der Waals surface area contributed by atoms with E-state index in [1.807, 2.05) is 18.3 Å². The molecule has 4 rings (SSSR count). The highest BCUT2D eigenvalue weighted by atomic mass is 16.5. The molecule has 8 heteroatoms. The van der Waals surface area contributed by atoms with Gasteiger partial charge in [0, 0.05) is 31.9 Å². The normalized spacial score (nSPS) is 22.6. The van der Waals surface area contributed by atoms with Crippen molar-refractivity contribution in [3.05, 3.63) is 24.7 Å². The highest BCUT2D eigenvalue weighted by molar-refractivity contribution is 5.92. The van der Waals surface area contributed by atoms with Crippen LogP contribution in [0.5, 0.6) is 0 Å². The summed E-state index contributed by atoms with van der Waals surface area (Å²) in [6.07, 6.45) is 7.80. The molecule has 2 fully saturated rings. The van der Waals surface area contributed by atoms with Crippen molar-refractivity contribution in [2.45, 2.75) is 57.3 Å². The highest BCUT2D eigenvalue weighted by Crippen LogP contribution is 2.39. The molecule has 4 heterocycles. The minimum absolute atomic E-state index is 0.0152. The molecule has 2 saturated heterocycles. The number of fused-ring (bicyclic) bond motifs is 1. The summed E-state index contributed by atoms with van der Waals surface area (Å²) in [5.41, 5.74) is 1.28. The lowest BCUT2D eigenvalue weighted by Gasteiger charge is -2.40.